The predicted octanol–water partition coefficient (Wildman–Crippen LogP) is 0.363. The molecule has 1 fully saturated rings. The first-order chi connectivity index (χ1) is 8.29. The first-order valence-electron chi connectivity index (χ1n) is 5.38. The van der Waals surface area contributed by atoms with Gasteiger partial charge >= 0.3 is 0 Å². The Labute approximate surface area is 99.3 Å². The second-order valence-electron chi connectivity index (χ2n) is 3.72. The van der Waals surface area contributed by atoms with E-state index >= 15 is 0 Å². The van der Waals surface area contributed by atoms with Crippen molar-refractivity contribution in [1.29, 1.82) is 5.26 Å². The van der Waals surface area contributed by atoms with E-state index in [1.54, 1.807) is 6.07 Å². The highest BCUT2D eigenvalue weighted by Gasteiger charge is 2.14. The number of nitrogen functional groups attached to an aromatic ring is 1. The summed E-state index contributed by atoms with van der Waals surface area (Å²) in [4.78, 5) is 4.08. The summed E-state index contributed by atoms with van der Waals surface area (Å²) in [6.45, 7) is 2.42. The number of nitriles is 1. The quantitative estimate of drug-likeness (QED) is 0.784. The molecule has 0 spiro atoms. The summed E-state index contributed by atoms with van der Waals surface area (Å²) < 4.78 is 10.8. The monoisotopic (exact) mass is 234 g/mol. The van der Waals surface area contributed by atoms with E-state index in [1.165, 1.54) is 6.20 Å². The van der Waals surface area contributed by atoms with Crippen LogP contribution in [0.2, 0.25) is 0 Å². The second kappa shape index (κ2) is 5.48. The Bertz CT molecular complexity index is 424. The maximum atomic E-state index is 8.68. The normalized spacial score (nSPS) is 19.6. The van der Waals surface area contributed by atoms with Crippen molar-refractivity contribution in [2.24, 2.45) is 0 Å². The van der Waals surface area contributed by atoms with Gasteiger partial charge in [0, 0.05) is 12.7 Å². The van der Waals surface area contributed by atoms with E-state index in [9.17, 15) is 0 Å². The first kappa shape index (κ1) is 11.6. The van der Waals surface area contributed by atoms with Crippen LogP contribution < -0.4 is 11.1 Å². The van der Waals surface area contributed by atoms with Crippen molar-refractivity contribution >= 4 is 11.5 Å². The number of aromatic nitrogens is 1. The zero-order chi connectivity index (χ0) is 12.1. The molecule has 1 aliphatic heterocycles. The lowest BCUT2D eigenvalue weighted by molar-refractivity contribution is -0.0819. The summed E-state index contributed by atoms with van der Waals surface area (Å²) in [6, 6.07) is 3.58. The molecule has 1 aliphatic rings. The molecule has 6 nitrogen and oxygen atoms in total. The number of rotatable bonds is 3. The number of hydrogen-bond acceptors (Lipinski definition) is 6. The molecule has 1 unspecified atom stereocenters. The Morgan fingerprint density at radius 3 is 3.12 bits per heavy atom. The fourth-order valence-electron chi connectivity index (χ4n) is 1.56. The number of nitrogens with two attached hydrogens (primary N) is 1. The van der Waals surface area contributed by atoms with Gasteiger partial charge < -0.3 is 20.5 Å². The van der Waals surface area contributed by atoms with Gasteiger partial charge in [-0.15, -0.1) is 0 Å². The van der Waals surface area contributed by atoms with Gasteiger partial charge in [0.15, 0.2) is 0 Å². The summed E-state index contributed by atoms with van der Waals surface area (Å²) in [5.41, 5.74) is 6.67. The molecular weight excluding hydrogens is 220 g/mol. The molecule has 0 aliphatic carbocycles. The average Bonchev–Trinajstić information content (AvgIpc) is 2.38. The maximum absolute atomic E-state index is 8.68. The van der Waals surface area contributed by atoms with Gasteiger partial charge in [-0.1, -0.05) is 0 Å². The molecule has 0 bridgehead atoms. The van der Waals surface area contributed by atoms with E-state index in [-0.39, 0.29) is 6.10 Å². The molecule has 1 aromatic rings. The Balaban J connectivity index is 1.92. The highest BCUT2D eigenvalue weighted by atomic mass is 16.6. The number of nitrogens with one attached hydrogen (secondary N) is 1. The fourth-order valence-corrected chi connectivity index (χ4v) is 1.56. The molecule has 90 valence electrons. The molecule has 1 aromatic heterocycles. The van der Waals surface area contributed by atoms with Crippen LogP contribution in [0.3, 0.4) is 0 Å². The third-order valence-electron chi connectivity index (χ3n) is 2.43. The lowest BCUT2D eigenvalue weighted by Crippen LogP contribution is -2.34. The zero-order valence-electron chi connectivity index (χ0n) is 9.35. The molecule has 3 N–H and O–H groups in total. The van der Waals surface area contributed by atoms with Gasteiger partial charge in [0.1, 0.15) is 11.9 Å². The third-order valence-corrected chi connectivity index (χ3v) is 2.43. The number of hydrogen-bond donors (Lipinski definition) is 2. The molecule has 0 aromatic carbocycles. The van der Waals surface area contributed by atoms with E-state index in [2.05, 4.69) is 10.3 Å². The van der Waals surface area contributed by atoms with E-state index in [1.807, 2.05) is 6.07 Å². The van der Waals surface area contributed by atoms with Crippen LogP contribution in [0.4, 0.5) is 11.5 Å². The van der Waals surface area contributed by atoms with Crippen LogP contribution >= 0.6 is 0 Å². The minimum absolute atomic E-state index is 0.0144. The lowest BCUT2D eigenvalue weighted by atomic mass is 10.2. The van der Waals surface area contributed by atoms with Crippen molar-refractivity contribution in [1.82, 2.24) is 4.98 Å². The van der Waals surface area contributed by atoms with Crippen LogP contribution in [0.5, 0.6) is 0 Å². The van der Waals surface area contributed by atoms with E-state index in [0.29, 0.717) is 43.4 Å². The molecule has 1 saturated heterocycles. The molecule has 0 radical (unpaired) electrons. The second-order valence-corrected chi connectivity index (χ2v) is 3.72. The standard InChI is InChI=1S/C11H14N4O2/c12-4-8-3-10(13)11(14-5-8)15-6-9-7-16-1-2-17-9/h3,5,9H,1-2,6-7,13H2,(H,14,15). The fraction of sp³-hybridized carbons (Fsp3) is 0.455. The molecular formula is C11H14N4O2. The van der Waals surface area contributed by atoms with Gasteiger partial charge in [0.2, 0.25) is 0 Å². The molecule has 1 atom stereocenters. The van der Waals surface area contributed by atoms with E-state index < -0.39 is 0 Å². The van der Waals surface area contributed by atoms with Crippen LogP contribution in [-0.2, 0) is 9.47 Å². The van der Waals surface area contributed by atoms with Crippen molar-refractivity contribution in [3.8, 4) is 6.07 Å². The minimum atomic E-state index is 0.0144. The Morgan fingerprint density at radius 2 is 2.47 bits per heavy atom. The summed E-state index contributed by atoms with van der Waals surface area (Å²) in [5, 5.41) is 11.8. The largest absolute Gasteiger partial charge is 0.396 e. The van der Waals surface area contributed by atoms with Crippen molar-refractivity contribution in [3.05, 3.63) is 17.8 Å². The average molecular weight is 234 g/mol. The highest BCUT2D eigenvalue weighted by molar-refractivity contribution is 5.63. The Hall–Kier alpha value is -1.84. The van der Waals surface area contributed by atoms with Gasteiger partial charge in [-0.05, 0) is 6.07 Å². The predicted molar refractivity (Wildman–Crippen MR) is 62.4 cm³/mol. The van der Waals surface area contributed by atoms with Crippen LogP contribution in [0.15, 0.2) is 12.3 Å². The lowest BCUT2D eigenvalue weighted by Gasteiger charge is -2.23. The Morgan fingerprint density at radius 1 is 1.59 bits per heavy atom. The minimum Gasteiger partial charge on any atom is -0.396 e. The summed E-state index contributed by atoms with van der Waals surface area (Å²) >= 11 is 0. The van der Waals surface area contributed by atoms with Crippen LogP contribution in [-0.4, -0.2) is 37.5 Å². The van der Waals surface area contributed by atoms with Gasteiger partial charge in [-0.25, -0.2) is 4.98 Å². The number of nitrogens with zero attached hydrogens (tertiary/aromatic N) is 2. The van der Waals surface area contributed by atoms with Gasteiger partial charge in [0.05, 0.1) is 37.2 Å². The SMILES string of the molecule is N#Cc1cnc(NCC2COCCO2)c(N)c1. The van der Waals surface area contributed by atoms with Crippen LogP contribution in [0, 0.1) is 11.3 Å². The van der Waals surface area contributed by atoms with Crippen LogP contribution in [0.1, 0.15) is 5.56 Å². The maximum Gasteiger partial charge on any atom is 0.149 e. The van der Waals surface area contributed by atoms with Gasteiger partial charge in [-0.3, -0.25) is 0 Å². The number of anilines is 2. The van der Waals surface area contributed by atoms with Crippen molar-refractivity contribution < 1.29 is 9.47 Å². The van der Waals surface area contributed by atoms with Crippen molar-refractivity contribution in [2.45, 2.75) is 6.10 Å². The third kappa shape index (κ3) is 3.06. The van der Waals surface area contributed by atoms with E-state index in [4.69, 9.17) is 20.5 Å². The van der Waals surface area contributed by atoms with Gasteiger partial charge in [-0.2, -0.15) is 5.26 Å². The summed E-state index contributed by atoms with van der Waals surface area (Å²) in [5.74, 6) is 0.568. The number of pyridine rings is 1. The summed E-state index contributed by atoms with van der Waals surface area (Å²) in [7, 11) is 0. The smallest absolute Gasteiger partial charge is 0.149 e. The molecule has 0 amide bonds. The first-order valence-corrected chi connectivity index (χ1v) is 5.38. The highest BCUT2D eigenvalue weighted by Crippen LogP contribution is 2.16. The Kier molecular flexibility index (Phi) is 3.75. The molecule has 6 heteroatoms. The topological polar surface area (TPSA) is 93.2 Å². The van der Waals surface area contributed by atoms with Crippen LogP contribution in [0.25, 0.3) is 0 Å². The molecule has 2 rings (SSSR count). The van der Waals surface area contributed by atoms with Gasteiger partial charge in [0.25, 0.3) is 0 Å². The summed E-state index contributed by atoms with van der Waals surface area (Å²) in [6.07, 6.45) is 1.50. The number of ether oxygens (including phenoxy) is 2. The molecule has 2 heterocycles. The zero-order valence-corrected chi connectivity index (χ0v) is 9.35. The molecule has 0 saturated carbocycles. The van der Waals surface area contributed by atoms with E-state index in [0.717, 1.165) is 0 Å². The van der Waals surface area contributed by atoms with Crippen molar-refractivity contribution in [3.63, 3.8) is 0 Å². The molecule has 17 heavy (non-hydrogen) atoms. The van der Waals surface area contributed by atoms with Crippen molar-refractivity contribution in [2.75, 3.05) is 37.4 Å².